The molecule has 1 aliphatic rings. The average molecular weight is 177 g/mol. The molecule has 0 radical (unpaired) electrons. The van der Waals surface area contributed by atoms with Gasteiger partial charge in [-0.05, 0) is 25.7 Å². The highest BCUT2D eigenvalue weighted by atomic mass is 16.5. The van der Waals surface area contributed by atoms with Crippen molar-refractivity contribution in [1.29, 1.82) is 0 Å². The maximum absolute atomic E-state index is 5.29. The van der Waals surface area contributed by atoms with Gasteiger partial charge in [-0.1, -0.05) is 24.2 Å². The van der Waals surface area contributed by atoms with Gasteiger partial charge in [0.1, 0.15) is 5.76 Å². The molecule has 0 saturated carbocycles. The predicted molar refractivity (Wildman–Crippen MR) is 51.6 cm³/mol. The van der Waals surface area contributed by atoms with Crippen molar-refractivity contribution in [3.8, 4) is 0 Å². The lowest BCUT2D eigenvalue weighted by molar-refractivity contribution is 0.360. The van der Waals surface area contributed by atoms with Crippen LogP contribution in [0, 0.1) is 0 Å². The van der Waals surface area contributed by atoms with E-state index in [4.69, 9.17) is 4.52 Å². The van der Waals surface area contributed by atoms with E-state index in [9.17, 15) is 0 Å². The molecule has 0 N–H and O–H groups in total. The largest absolute Gasteiger partial charge is 0.361 e. The lowest BCUT2D eigenvalue weighted by atomic mass is 9.93. The van der Waals surface area contributed by atoms with Gasteiger partial charge in [-0.25, -0.2) is 0 Å². The smallest absolute Gasteiger partial charge is 0.143 e. The lowest BCUT2D eigenvalue weighted by Gasteiger charge is -2.11. The van der Waals surface area contributed by atoms with E-state index >= 15 is 0 Å². The van der Waals surface area contributed by atoms with Crippen LogP contribution in [-0.2, 0) is 6.42 Å². The standard InChI is InChI=1S/C11H15NO/c1-2-10-8-11(13-12-10)9-6-4-3-5-7-9/h4,6,8-9H,2-3,5,7H2,1H3/t9-/m0/s1. The van der Waals surface area contributed by atoms with Crippen LogP contribution in [0.5, 0.6) is 0 Å². The maximum Gasteiger partial charge on any atom is 0.143 e. The van der Waals surface area contributed by atoms with E-state index in [1.54, 1.807) is 0 Å². The van der Waals surface area contributed by atoms with Crippen LogP contribution in [0.15, 0.2) is 22.7 Å². The van der Waals surface area contributed by atoms with E-state index in [1.165, 1.54) is 19.3 Å². The molecule has 0 amide bonds. The number of allylic oxidation sites excluding steroid dienone is 2. The van der Waals surface area contributed by atoms with Crippen LogP contribution in [0.2, 0.25) is 0 Å². The van der Waals surface area contributed by atoms with Gasteiger partial charge in [-0.15, -0.1) is 0 Å². The second kappa shape index (κ2) is 3.77. The van der Waals surface area contributed by atoms with Gasteiger partial charge in [0.2, 0.25) is 0 Å². The highest BCUT2D eigenvalue weighted by molar-refractivity contribution is 5.16. The fourth-order valence-electron chi connectivity index (χ4n) is 1.72. The van der Waals surface area contributed by atoms with Crippen molar-refractivity contribution in [1.82, 2.24) is 5.16 Å². The molecule has 2 heteroatoms. The predicted octanol–water partition coefficient (Wildman–Crippen LogP) is 3.06. The van der Waals surface area contributed by atoms with Crippen LogP contribution in [-0.4, -0.2) is 5.16 Å². The summed E-state index contributed by atoms with van der Waals surface area (Å²) in [6, 6.07) is 2.08. The van der Waals surface area contributed by atoms with Crippen LogP contribution in [0.3, 0.4) is 0 Å². The summed E-state index contributed by atoms with van der Waals surface area (Å²) in [5.74, 6) is 1.51. The van der Waals surface area contributed by atoms with E-state index in [-0.39, 0.29) is 0 Å². The zero-order valence-electron chi connectivity index (χ0n) is 7.99. The lowest BCUT2D eigenvalue weighted by Crippen LogP contribution is -1.97. The van der Waals surface area contributed by atoms with Gasteiger partial charge >= 0.3 is 0 Å². The summed E-state index contributed by atoms with van der Waals surface area (Å²) in [5, 5.41) is 4.00. The van der Waals surface area contributed by atoms with Gasteiger partial charge in [0.05, 0.1) is 5.69 Å². The Morgan fingerprint density at radius 1 is 1.62 bits per heavy atom. The third-order valence-electron chi connectivity index (χ3n) is 2.56. The third kappa shape index (κ3) is 1.82. The summed E-state index contributed by atoms with van der Waals surface area (Å²) in [6.45, 7) is 2.10. The third-order valence-corrected chi connectivity index (χ3v) is 2.56. The zero-order chi connectivity index (χ0) is 9.10. The Balaban J connectivity index is 2.14. The summed E-state index contributed by atoms with van der Waals surface area (Å²) in [6.07, 6.45) is 9.12. The monoisotopic (exact) mass is 177 g/mol. The first kappa shape index (κ1) is 8.54. The molecule has 0 aliphatic heterocycles. The van der Waals surface area contributed by atoms with Crippen molar-refractivity contribution in [2.45, 2.75) is 38.5 Å². The molecular weight excluding hydrogens is 162 g/mol. The first-order chi connectivity index (χ1) is 6.40. The van der Waals surface area contributed by atoms with Gasteiger partial charge in [0, 0.05) is 12.0 Å². The van der Waals surface area contributed by atoms with E-state index in [1.807, 2.05) is 0 Å². The van der Waals surface area contributed by atoms with E-state index < -0.39 is 0 Å². The summed E-state index contributed by atoms with van der Waals surface area (Å²) in [7, 11) is 0. The van der Waals surface area contributed by atoms with Crippen molar-refractivity contribution in [2.75, 3.05) is 0 Å². The van der Waals surface area contributed by atoms with E-state index in [0.717, 1.165) is 17.9 Å². The van der Waals surface area contributed by atoms with Crippen LogP contribution in [0.4, 0.5) is 0 Å². The molecule has 1 aliphatic carbocycles. The van der Waals surface area contributed by atoms with Gasteiger partial charge < -0.3 is 4.52 Å². The maximum atomic E-state index is 5.29. The molecular formula is C11H15NO. The molecule has 0 spiro atoms. The highest BCUT2D eigenvalue weighted by Crippen LogP contribution is 2.27. The van der Waals surface area contributed by atoms with Gasteiger partial charge in [-0.2, -0.15) is 0 Å². The molecule has 0 fully saturated rings. The molecule has 70 valence electrons. The molecule has 0 unspecified atom stereocenters. The van der Waals surface area contributed by atoms with Crippen molar-refractivity contribution in [2.24, 2.45) is 0 Å². The van der Waals surface area contributed by atoms with Crippen molar-refractivity contribution >= 4 is 0 Å². The second-order valence-corrected chi connectivity index (χ2v) is 3.54. The minimum Gasteiger partial charge on any atom is -0.361 e. The van der Waals surface area contributed by atoms with Gasteiger partial charge in [0.15, 0.2) is 0 Å². The summed E-state index contributed by atoms with van der Waals surface area (Å²) < 4.78 is 5.29. The van der Waals surface area contributed by atoms with Gasteiger partial charge in [0.25, 0.3) is 0 Å². The number of hydrogen-bond donors (Lipinski definition) is 0. The summed E-state index contributed by atoms with van der Waals surface area (Å²) >= 11 is 0. The van der Waals surface area contributed by atoms with Crippen LogP contribution in [0.1, 0.15) is 43.6 Å². The first-order valence-electron chi connectivity index (χ1n) is 5.02. The molecule has 1 atom stereocenters. The molecule has 13 heavy (non-hydrogen) atoms. The number of rotatable bonds is 2. The minimum absolute atomic E-state index is 0.474. The minimum atomic E-state index is 0.474. The Morgan fingerprint density at radius 3 is 3.15 bits per heavy atom. The Bertz CT molecular complexity index is 301. The van der Waals surface area contributed by atoms with Crippen LogP contribution < -0.4 is 0 Å². The molecule has 1 heterocycles. The Kier molecular flexibility index (Phi) is 2.48. The van der Waals surface area contributed by atoms with Crippen LogP contribution in [0.25, 0.3) is 0 Å². The molecule has 2 nitrogen and oxygen atoms in total. The van der Waals surface area contributed by atoms with E-state index in [2.05, 4.69) is 30.3 Å². The SMILES string of the molecule is CCc1cc([C@H]2C=CCCC2)on1. The molecule has 0 saturated heterocycles. The highest BCUT2D eigenvalue weighted by Gasteiger charge is 2.15. The summed E-state index contributed by atoms with van der Waals surface area (Å²) in [5.41, 5.74) is 1.06. The van der Waals surface area contributed by atoms with E-state index in [0.29, 0.717) is 5.92 Å². The Labute approximate surface area is 78.6 Å². The molecule has 2 rings (SSSR count). The Morgan fingerprint density at radius 2 is 2.54 bits per heavy atom. The quantitative estimate of drug-likeness (QED) is 0.649. The topological polar surface area (TPSA) is 26.0 Å². The normalized spacial score (nSPS) is 22.1. The number of nitrogens with zero attached hydrogens (tertiary/aromatic N) is 1. The first-order valence-corrected chi connectivity index (χ1v) is 5.02. The number of hydrogen-bond acceptors (Lipinski definition) is 2. The Hall–Kier alpha value is -1.05. The molecule has 0 aromatic carbocycles. The fraction of sp³-hybridized carbons (Fsp3) is 0.545. The molecule has 1 aromatic heterocycles. The van der Waals surface area contributed by atoms with Crippen molar-refractivity contribution in [3.63, 3.8) is 0 Å². The van der Waals surface area contributed by atoms with Crippen LogP contribution >= 0.6 is 0 Å². The van der Waals surface area contributed by atoms with Crippen molar-refractivity contribution in [3.05, 3.63) is 29.7 Å². The number of aryl methyl sites for hydroxylation is 1. The average Bonchev–Trinajstić information content (AvgIpc) is 2.67. The van der Waals surface area contributed by atoms with Crippen molar-refractivity contribution < 1.29 is 4.52 Å². The fourth-order valence-corrected chi connectivity index (χ4v) is 1.72. The second-order valence-electron chi connectivity index (χ2n) is 3.54. The molecule has 1 aromatic rings. The zero-order valence-corrected chi connectivity index (χ0v) is 7.99. The number of aromatic nitrogens is 1. The summed E-state index contributed by atoms with van der Waals surface area (Å²) in [4.78, 5) is 0. The van der Waals surface area contributed by atoms with Gasteiger partial charge in [-0.3, -0.25) is 0 Å². The molecule has 0 bridgehead atoms.